The molecule has 94 valence electrons. The van der Waals surface area contributed by atoms with Crippen LogP contribution in [0.1, 0.15) is 31.1 Å². The van der Waals surface area contributed by atoms with Crippen molar-refractivity contribution in [3.8, 4) is 0 Å². The first kappa shape index (κ1) is 13.6. The molecule has 1 amide bonds. The quantitative estimate of drug-likeness (QED) is 0.781. The van der Waals surface area contributed by atoms with Crippen LogP contribution in [0.3, 0.4) is 0 Å². The standard InChI is InChI=1S/C12H17FN2O2/c1-8(2)12(3,17)7-15-11(16)9-4-5-10(13)14-6-9/h4-6,8,17H,7H2,1-3H3,(H,15,16). The molecule has 1 unspecified atom stereocenters. The normalized spacial score (nSPS) is 14.5. The van der Waals surface area contributed by atoms with Gasteiger partial charge in [-0.15, -0.1) is 0 Å². The van der Waals surface area contributed by atoms with Crippen molar-refractivity contribution in [3.63, 3.8) is 0 Å². The maximum Gasteiger partial charge on any atom is 0.252 e. The highest BCUT2D eigenvalue weighted by Crippen LogP contribution is 2.14. The summed E-state index contributed by atoms with van der Waals surface area (Å²) in [5.74, 6) is -0.983. The fourth-order valence-corrected chi connectivity index (χ4v) is 1.08. The van der Waals surface area contributed by atoms with Crippen LogP contribution in [0.25, 0.3) is 0 Å². The molecule has 1 rings (SSSR count). The van der Waals surface area contributed by atoms with Crippen molar-refractivity contribution in [2.45, 2.75) is 26.4 Å². The van der Waals surface area contributed by atoms with E-state index in [1.807, 2.05) is 13.8 Å². The van der Waals surface area contributed by atoms with Gasteiger partial charge in [-0.1, -0.05) is 13.8 Å². The smallest absolute Gasteiger partial charge is 0.252 e. The van der Waals surface area contributed by atoms with Crippen molar-refractivity contribution in [1.29, 1.82) is 0 Å². The molecule has 1 aromatic rings. The lowest BCUT2D eigenvalue weighted by Crippen LogP contribution is -2.44. The van der Waals surface area contributed by atoms with E-state index in [4.69, 9.17) is 0 Å². The predicted molar refractivity (Wildman–Crippen MR) is 62.0 cm³/mol. The largest absolute Gasteiger partial charge is 0.388 e. The van der Waals surface area contributed by atoms with Gasteiger partial charge in [0.1, 0.15) is 0 Å². The van der Waals surface area contributed by atoms with Crippen LogP contribution in [0, 0.1) is 11.9 Å². The van der Waals surface area contributed by atoms with Gasteiger partial charge in [-0.3, -0.25) is 4.79 Å². The van der Waals surface area contributed by atoms with Gasteiger partial charge in [-0.05, 0) is 25.0 Å². The van der Waals surface area contributed by atoms with Crippen LogP contribution in [0.15, 0.2) is 18.3 Å². The van der Waals surface area contributed by atoms with Crippen LogP contribution in [-0.4, -0.2) is 28.1 Å². The van der Waals surface area contributed by atoms with Gasteiger partial charge in [0.15, 0.2) is 0 Å². The molecule has 0 fully saturated rings. The van der Waals surface area contributed by atoms with E-state index in [1.165, 1.54) is 6.07 Å². The number of amides is 1. The second kappa shape index (κ2) is 5.23. The molecule has 0 spiro atoms. The maximum absolute atomic E-state index is 12.5. The van der Waals surface area contributed by atoms with Gasteiger partial charge in [-0.2, -0.15) is 4.39 Å². The zero-order chi connectivity index (χ0) is 13.1. The van der Waals surface area contributed by atoms with Crippen molar-refractivity contribution in [2.75, 3.05) is 6.54 Å². The van der Waals surface area contributed by atoms with E-state index < -0.39 is 11.5 Å². The van der Waals surface area contributed by atoms with Crippen LogP contribution in [0.5, 0.6) is 0 Å². The fourth-order valence-electron chi connectivity index (χ4n) is 1.08. The fraction of sp³-hybridized carbons (Fsp3) is 0.500. The van der Waals surface area contributed by atoms with Gasteiger partial charge in [0.2, 0.25) is 5.95 Å². The second-order valence-electron chi connectivity index (χ2n) is 4.56. The number of nitrogens with one attached hydrogen (secondary N) is 1. The predicted octanol–water partition coefficient (Wildman–Crippen LogP) is 1.36. The third kappa shape index (κ3) is 3.78. The van der Waals surface area contributed by atoms with E-state index in [0.29, 0.717) is 0 Å². The lowest BCUT2D eigenvalue weighted by atomic mass is 9.92. The topological polar surface area (TPSA) is 62.2 Å². The van der Waals surface area contributed by atoms with E-state index in [9.17, 15) is 14.3 Å². The number of aromatic nitrogens is 1. The molecule has 1 aromatic heterocycles. The number of halogens is 1. The first-order valence-corrected chi connectivity index (χ1v) is 5.45. The van der Waals surface area contributed by atoms with Crippen molar-refractivity contribution in [1.82, 2.24) is 10.3 Å². The number of nitrogens with zero attached hydrogens (tertiary/aromatic N) is 1. The van der Waals surface area contributed by atoms with Gasteiger partial charge in [0, 0.05) is 12.7 Å². The van der Waals surface area contributed by atoms with E-state index in [1.54, 1.807) is 6.92 Å². The van der Waals surface area contributed by atoms with E-state index in [-0.39, 0.29) is 23.9 Å². The summed E-state index contributed by atoms with van der Waals surface area (Å²) in [5.41, 5.74) is -0.700. The highest BCUT2D eigenvalue weighted by Gasteiger charge is 2.25. The summed E-state index contributed by atoms with van der Waals surface area (Å²) in [6.45, 7) is 5.53. The number of hydrogen-bond donors (Lipinski definition) is 2. The summed E-state index contributed by atoms with van der Waals surface area (Å²) in [5, 5.41) is 12.5. The Hall–Kier alpha value is -1.49. The minimum Gasteiger partial charge on any atom is -0.388 e. The van der Waals surface area contributed by atoms with Crippen molar-refractivity contribution in [2.24, 2.45) is 5.92 Å². The minimum absolute atomic E-state index is 0.0224. The van der Waals surface area contributed by atoms with E-state index >= 15 is 0 Å². The molecule has 1 atom stereocenters. The number of hydrogen-bond acceptors (Lipinski definition) is 3. The Morgan fingerprint density at radius 1 is 1.59 bits per heavy atom. The van der Waals surface area contributed by atoms with Crippen LogP contribution in [-0.2, 0) is 0 Å². The lowest BCUT2D eigenvalue weighted by molar-refractivity contribution is 0.0142. The molecular formula is C12H17FN2O2. The molecule has 0 aliphatic carbocycles. The monoisotopic (exact) mass is 240 g/mol. The summed E-state index contributed by atoms with van der Waals surface area (Å²) >= 11 is 0. The van der Waals surface area contributed by atoms with Gasteiger partial charge in [-0.25, -0.2) is 4.98 Å². The van der Waals surface area contributed by atoms with E-state index in [2.05, 4.69) is 10.3 Å². The number of pyridine rings is 1. The summed E-state index contributed by atoms with van der Waals surface area (Å²) in [6.07, 6.45) is 1.16. The van der Waals surface area contributed by atoms with Crippen molar-refractivity contribution < 1.29 is 14.3 Å². The molecular weight excluding hydrogens is 223 g/mol. The van der Waals surface area contributed by atoms with Crippen LogP contribution in [0.4, 0.5) is 4.39 Å². The number of rotatable bonds is 4. The molecule has 0 aromatic carbocycles. The molecule has 0 saturated heterocycles. The summed E-state index contributed by atoms with van der Waals surface area (Å²) < 4.78 is 12.5. The molecule has 4 nitrogen and oxygen atoms in total. The molecule has 1 heterocycles. The van der Waals surface area contributed by atoms with Crippen LogP contribution < -0.4 is 5.32 Å². The second-order valence-corrected chi connectivity index (χ2v) is 4.56. The number of carbonyl (C=O) groups excluding carboxylic acids is 1. The maximum atomic E-state index is 12.5. The molecule has 0 saturated carbocycles. The van der Waals surface area contributed by atoms with Gasteiger partial charge in [0.25, 0.3) is 5.91 Å². The summed E-state index contributed by atoms with van der Waals surface area (Å²) in [6, 6.07) is 2.47. The average molecular weight is 240 g/mol. The van der Waals surface area contributed by atoms with E-state index in [0.717, 1.165) is 12.3 Å². The highest BCUT2D eigenvalue weighted by molar-refractivity contribution is 5.93. The first-order valence-electron chi connectivity index (χ1n) is 5.45. The van der Waals surface area contributed by atoms with Gasteiger partial charge >= 0.3 is 0 Å². The average Bonchev–Trinajstić information content (AvgIpc) is 2.27. The third-order valence-electron chi connectivity index (χ3n) is 2.84. The molecule has 0 radical (unpaired) electrons. The van der Waals surface area contributed by atoms with Crippen LogP contribution in [0.2, 0.25) is 0 Å². The minimum atomic E-state index is -0.969. The molecule has 0 aliphatic heterocycles. The Kier molecular flexibility index (Phi) is 4.17. The Balaban J connectivity index is 2.59. The lowest BCUT2D eigenvalue weighted by Gasteiger charge is -2.27. The third-order valence-corrected chi connectivity index (χ3v) is 2.84. The number of aliphatic hydroxyl groups is 1. The van der Waals surface area contributed by atoms with Crippen molar-refractivity contribution in [3.05, 3.63) is 29.8 Å². The Morgan fingerprint density at radius 2 is 2.24 bits per heavy atom. The zero-order valence-corrected chi connectivity index (χ0v) is 10.2. The van der Waals surface area contributed by atoms with Gasteiger partial charge in [0.05, 0.1) is 11.2 Å². The zero-order valence-electron chi connectivity index (χ0n) is 10.2. The number of carbonyl (C=O) groups is 1. The Morgan fingerprint density at radius 3 is 2.71 bits per heavy atom. The molecule has 0 aliphatic rings. The van der Waals surface area contributed by atoms with Gasteiger partial charge < -0.3 is 10.4 Å². The molecule has 5 heteroatoms. The van der Waals surface area contributed by atoms with Crippen LogP contribution >= 0.6 is 0 Å². The Labute approximate surface area is 99.9 Å². The summed E-state index contributed by atoms with van der Waals surface area (Å²) in [4.78, 5) is 15.0. The highest BCUT2D eigenvalue weighted by atomic mass is 19.1. The first-order chi connectivity index (χ1) is 7.83. The molecule has 0 bridgehead atoms. The Bertz CT molecular complexity index is 388. The molecule has 17 heavy (non-hydrogen) atoms. The summed E-state index contributed by atoms with van der Waals surface area (Å²) in [7, 11) is 0. The van der Waals surface area contributed by atoms with Crippen molar-refractivity contribution >= 4 is 5.91 Å². The SMILES string of the molecule is CC(C)C(C)(O)CNC(=O)c1ccc(F)nc1. The molecule has 2 N–H and O–H groups in total.